The molecule has 2 unspecified atom stereocenters. The third kappa shape index (κ3) is 3.04. The van der Waals surface area contributed by atoms with E-state index in [0.29, 0.717) is 12.1 Å². The first-order valence-corrected chi connectivity index (χ1v) is 8.03. The van der Waals surface area contributed by atoms with Gasteiger partial charge in [-0.1, -0.05) is 44.2 Å². The van der Waals surface area contributed by atoms with E-state index in [4.69, 9.17) is 4.74 Å². The molecule has 0 amide bonds. The summed E-state index contributed by atoms with van der Waals surface area (Å²) in [5, 5.41) is 0. The Labute approximate surface area is 127 Å². The molecule has 1 aliphatic heterocycles. The summed E-state index contributed by atoms with van der Waals surface area (Å²) in [4.78, 5) is 15.3. The Hall–Kier alpha value is -1.19. The van der Waals surface area contributed by atoms with Gasteiger partial charge in [0.2, 0.25) is 0 Å². The number of carbonyl (C=O) groups excluding carboxylic acids is 1. The van der Waals surface area contributed by atoms with Gasteiger partial charge >= 0.3 is 0 Å². The lowest BCUT2D eigenvalue weighted by molar-refractivity contribution is -0.0635. The van der Waals surface area contributed by atoms with E-state index in [9.17, 15) is 4.79 Å². The summed E-state index contributed by atoms with van der Waals surface area (Å²) in [6.07, 6.45) is 4.02. The molecule has 0 bridgehead atoms. The van der Waals surface area contributed by atoms with Gasteiger partial charge in [-0.15, -0.1) is 0 Å². The largest absolute Gasteiger partial charge is 0.375 e. The zero-order valence-electron chi connectivity index (χ0n) is 13.0. The minimum Gasteiger partial charge on any atom is -0.375 e. The molecule has 1 aromatic carbocycles. The highest BCUT2D eigenvalue weighted by atomic mass is 16.5. The number of ether oxygens (including phenoxy) is 1. The molecule has 1 heterocycles. The Morgan fingerprint density at radius 2 is 2.05 bits per heavy atom. The van der Waals surface area contributed by atoms with Crippen LogP contribution in [0.2, 0.25) is 0 Å². The summed E-state index contributed by atoms with van der Waals surface area (Å²) in [6.45, 7) is 6.72. The molecule has 0 radical (unpaired) electrons. The molecule has 1 saturated carbocycles. The molecule has 21 heavy (non-hydrogen) atoms. The maximum absolute atomic E-state index is 12.8. The predicted octanol–water partition coefficient (Wildman–Crippen LogP) is 3.15. The molecule has 2 aliphatic rings. The lowest BCUT2D eigenvalue weighted by Crippen LogP contribution is -2.52. The molecule has 3 heteroatoms. The Kier molecular flexibility index (Phi) is 4.14. The lowest BCUT2D eigenvalue weighted by Gasteiger charge is -2.41. The number of hydrogen-bond acceptors (Lipinski definition) is 3. The van der Waals surface area contributed by atoms with Crippen LogP contribution in [0.5, 0.6) is 0 Å². The highest BCUT2D eigenvalue weighted by Crippen LogP contribution is 2.33. The second kappa shape index (κ2) is 5.90. The average Bonchev–Trinajstić information content (AvgIpc) is 2.97. The van der Waals surface area contributed by atoms with Crippen molar-refractivity contribution in [1.82, 2.24) is 4.90 Å². The third-order valence-electron chi connectivity index (χ3n) is 4.85. The van der Waals surface area contributed by atoms with Gasteiger partial charge in [0.05, 0.1) is 12.7 Å². The van der Waals surface area contributed by atoms with E-state index in [0.717, 1.165) is 25.3 Å². The zero-order valence-corrected chi connectivity index (χ0v) is 13.0. The van der Waals surface area contributed by atoms with Crippen LogP contribution in [0.3, 0.4) is 0 Å². The zero-order chi connectivity index (χ0) is 14.9. The fourth-order valence-corrected chi connectivity index (χ4v) is 3.76. The molecule has 2 fully saturated rings. The second-order valence-corrected chi connectivity index (χ2v) is 6.96. The van der Waals surface area contributed by atoms with E-state index in [1.807, 2.05) is 30.3 Å². The van der Waals surface area contributed by atoms with Crippen LogP contribution < -0.4 is 0 Å². The number of Topliss-reactive ketones (excluding diaryl/α,β-unsaturated/α-hetero) is 1. The van der Waals surface area contributed by atoms with Crippen LogP contribution in [-0.4, -0.2) is 42.5 Å². The summed E-state index contributed by atoms with van der Waals surface area (Å²) in [6, 6.07) is 10.2. The van der Waals surface area contributed by atoms with Crippen LogP contribution in [0.4, 0.5) is 0 Å². The Bertz CT molecular complexity index is 497. The van der Waals surface area contributed by atoms with Gasteiger partial charge in [0.25, 0.3) is 0 Å². The van der Waals surface area contributed by atoms with Crippen LogP contribution in [-0.2, 0) is 4.74 Å². The molecule has 1 saturated heterocycles. The van der Waals surface area contributed by atoms with Gasteiger partial charge in [0.1, 0.15) is 0 Å². The Morgan fingerprint density at radius 1 is 1.29 bits per heavy atom. The fraction of sp³-hybridized carbons (Fsp3) is 0.611. The standard InChI is InChI=1S/C18H25NO2/c1-18(2,17(20)14-7-4-3-5-8-14)13-19-11-12-21-16-10-6-9-15(16)19/h3-5,7-8,15-16H,6,9-13H2,1-2H3. The summed E-state index contributed by atoms with van der Waals surface area (Å²) in [5.74, 6) is 0.240. The van der Waals surface area contributed by atoms with E-state index >= 15 is 0 Å². The first-order chi connectivity index (χ1) is 10.1. The third-order valence-corrected chi connectivity index (χ3v) is 4.85. The molecule has 0 N–H and O–H groups in total. The van der Waals surface area contributed by atoms with Crippen molar-refractivity contribution in [2.75, 3.05) is 19.7 Å². The summed E-state index contributed by atoms with van der Waals surface area (Å²) >= 11 is 0. The van der Waals surface area contributed by atoms with E-state index in [-0.39, 0.29) is 11.2 Å². The number of fused-ring (bicyclic) bond motifs is 1. The molecule has 2 atom stereocenters. The number of carbonyl (C=O) groups is 1. The molecule has 3 nitrogen and oxygen atoms in total. The van der Waals surface area contributed by atoms with Gasteiger partial charge < -0.3 is 4.74 Å². The minimum atomic E-state index is -0.355. The number of ketones is 1. The van der Waals surface area contributed by atoms with Crippen molar-refractivity contribution in [2.24, 2.45) is 5.41 Å². The van der Waals surface area contributed by atoms with Crippen molar-refractivity contribution in [3.05, 3.63) is 35.9 Å². The summed E-state index contributed by atoms with van der Waals surface area (Å²) < 4.78 is 5.87. The van der Waals surface area contributed by atoms with Crippen LogP contribution in [0.1, 0.15) is 43.5 Å². The Morgan fingerprint density at radius 3 is 2.81 bits per heavy atom. The van der Waals surface area contributed by atoms with Gasteiger partial charge in [0.15, 0.2) is 5.78 Å². The topological polar surface area (TPSA) is 29.5 Å². The van der Waals surface area contributed by atoms with Crippen LogP contribution >= 0.6 is 0 Å². The minimum absolute atomic E-state index is 0.240. The van der Waals surface area contributed by atoms with Gasteiger partial charge in [-0.05, 0) is 19.3 Å². The normalized spacial score (nSPS) is 26.6. The van der Waals surface area contributed by atoms with Crippen LogP contribution in [0, 0.1) is 5.41 Å². The molecular formula is C18H25NO2. The number of hydrogen-bond donors (Lipinski definition) is 0. The van der Waals surface area contributed by atoms with Crippen molar-refractivity contribution >= 4 is 5.78 Å². The smallest absolute Gasteiger partial charge is 0.169 e. The number of morpholine rings is 1. The van der Waals surface area contributed by atoms with Crippen LogP contribution in [0.25, 0.3) is 0 Å². The quantitative estimate of drug-likeness (QED) is 0.797. The number of benzene rings is 1. The van der Waals surface area contributed by atoms with E-state index in [1.165, 1.54) is 19.3 Å². The number of rotatable bonds is 4. The molecular weight excluding hydrogens is 262 g/mol. The van der Waals surface area contributed by atoms with Crippen molar-refractivity contribution in [1.29, 1.82) is 0 Å². The summed E-state index contributed by atoms with van der Waals surface area (Å²) in [5.41, 5.74) is 0.463. The maximum Gasteiger partial charge on any atom is 0.169 e. The van der Waals surface area contributed by atoms with E-state index in [1.54, 1.807) is 0 Å². The second-order valence-electron chi connectivity index (χ2n) is 6.96. The SMILES string of the molecule is CC(C)(CN1CCOC2CCCC21)C(=O)c1ccccc1. The predicted molar refractivity (Wildman–Crippen MR) is 83.5 cm³/mol. The highest BCUT2D eigenvalue weighted by molar-refractivity contribution is 6.00. The van der Waals surface area contributed by atoms with Gasteiger partial charge in [-0.3, -0.25) is 9.69 Å². The fourth-order valence-electron chi connectivity index (χ4n) is 3.76. The van der Waals surface area contributed by atoms with Crippen LogP contribution in [0.15, 0.2) is 30.3 Å². The molecule has 3 rings (SSSR count). The van der Waals surface area contributed by atoms with Gasteiger partial charge in [-0.25, -0.2) is 0 Å². The monoisotopic (exact) mass is 287 g/mol. The van der Waals surface area contributed by atoms with Gasteiger partial charge in [0, 0.05) is 30.1 Å². The first kappa shape index (κ1) is 14.7. The Balaban J connectivity index is 1.72. The van der Waals surface area contributed by atoms with E-state index in [2.05, 4.69) is 18.7 Å². The molecule has 0 aromatic heterocycles. The first-order valence-electron chi connectivity index (χ1n) is 8.03. The number of nitrogens with zero attached hydrogens (tertiary/aromatic N) is 1. The van der Waals surface area contributed by atoms with E-state index < -0.39 is 0 Å². The van der Waals surface area contributed by atoms with Gasteiger partial charge in [-0.2, -0.15) is 0 Å². The molecule has 0 spiro atoms. The van der Waals surface area contributed by atoms with Crippen molar-refractivity contribution in [3.63, 3.8) is 0 Å². The van der Waals surface area contributed by atoms with Crippen molar-refractivity contribution in [3.8, 4) is 0 Å². The lowest BCUT2D eigenvalue weighted by atomic mass is 9.83. The van der Waals surface area contributed by atoms with Crippen molar-refractivity contribution in [2.45, 2.75) is 45.3 Å². The maximum atomic E-state index is 12.8. The summed E-state index contributed by atoms with van der Waals surface area (Å²) in [7, 11) is 0. The average molecular weight is 287 g/mol. The molecule has 1 aromatic rings. The highest BCUT2D eigenvalue weighted by Gasteiger charge is 2.40. The molecule has 1 aliphatic carbocycles. The molecule has 114 valence electrons. The van der Waals surface area contributed by atoms with Crippen molar-refractivity contribution < 1.29 is 9.53 Å².